The Bertz CT molecular complexity index is 1400. The molecule has 0 saturated carbocycles. The molecule has 0 aliphatic rings. The van der Waals surface area contributed by atoms with Gasteiger partial charge in [0.05, 0.1) is 19.3 Å². The standard InChI is InChI=1S/C25H23N4O3.ClH/c1-3-31-24(30)17-28-21-12-8-7-11-20(21)27(2)25(28)23-14-13-22(32-23)19-15-16-29(26-19)18-9-5-4-6-10-18;/h4-16H,3,17H2,1-2H3;1H/q+1;/p-1. The maximum Gasteiger partial charge on any atom is 0.348 e. The fourth-order valence-corrected chi connectivity index (χ4v) is 3.95. The van der Waals surface area contributed by atoms with Gasteiger partial charge in [-0.25, -0.2) is 18.6 Å². The van der Waals surface area contributed by atoms with Crippen LogP contribution < -0.4 is 17.0 Å². The Morgan fingerprint density at radius 1 is 1.00 bits per heavy atom. The maximum absolute atomic E-state index is 12.3. The molecule has 0 atom stereocenters. The van der Waals surface area contributed by atoms with Gasteiger partial charge < -0.3 is 21.6 Å². The van der Waals surface area contributed by atoms with Crippen LogP contribution in [0.2, 0.25) is 0 Å². The SMILES string of the molecule is CCOC(=O)Cn1c(-c2ccc(-c3ccn(-c4ccccc4)n3)o2)[n+](C)c2ccccc21.[Cl-]. The van der Waals surface area contributed by atoms with Crippen LogP contribution in [0.5, 0.6) is 0 Å². The molecule has 0 aliphatic carbocycles. The summed E-state index contributed by atoms with van der Waals surface area (Å²) in [6.45, 7) is 2.25. The number of carbonyl (C=O) groups is 1. The van der Waals surface area contributed by atoms with E-state index < -0.39 is 0 Å². The molecule has 5 aromatic rings. The molecule has 7 nitrogen and oxygen atoms in total. The highest BCUT2D eigenvalue weighted by Crippen LogP contribution is 2.29. The predicted molar refractivity (Wildman–Crippen MR) is 120 cm³/mol. The highest BCUT2D eigenvalue weighted by atomic mass is 35.5. The highest BCUT2D eigenvalue weighted by Gasteiger charge is 2.29. The quantitative estimate of drug-likeness (QED) is 0.280. The zero-order valence-electron chi connectivity index (χ0n) is 18.3. The molecular formula is C25H23ClN4O3. The molecule has 3 aromatic heterocycles. The second-order valence-corrected chi connectivity index (χ2v) is 7.41. The van der Waals surface area contributed by atoms with Crippen LogP contribution in [0.1, 0.15) is 6.92 Å². The molecule has 0 unspecified atom stereocenters. The fourth-order valence-electron chi connectivity index (χ4n) is 3.95. The lowest BCUT2D eigenvalue weighted by molar-refractivity contribution is -0.634. The number of aromatic nitrogens is 4. The number of para-hydroxylation sites is 3. The Morgan fingerprint density at radius 3 is 2.52 bits per heavy atom. The molecule has 8 heteroatoms. The Balaban J connectivity index is 0.00000259. The van der Waals surface area contributed by atoms with Crippen molar-refractivity contribution >= 4 is 17.0 Å². The minimum absolute atomic E-state index is 0. The number of hydrogen-bond acceptors (Lipinski definition) is 4. The van der Waals surface area contributed by atoms with E-state index >= 15 is 0 Å². The molecule has 0 spiro atoms. The zero-order valence-corrected chi connectivity index (χ0v) is 19.1. The number of carbonyl (C=O) groups excluding carboxylic acids is 1. The summed E-state index contributed by atoms with van der Waals surface area (Å²) in [6.07, 6.45) is 1.91. The number of fused-ring (bicyclic) bond motifs is 1. The van der Waals surface area contributed by atoms with Gasteiger partial charge in [0.15, 0.2) is 23.3 Å². The molecule has 0 bridgehead atoms. The number of ether oxygens (including phenoxy) is 1. The smallest absolute Gasteiger partial charge is 0.348 e. The fraction of sp³-hybridized carbons (Fsp3) is 0.160. The summed E-state index contributed by atoms with van der Waals surface area (Å²) in [5.74, 6) is 1.80. The minimum Gasteiger partial charge on any atom is -1.00 e. The number of benzene rings is 2. The number of furan rings is 1. The summed E-state index contributed by atoms with van der Waals surface area (Å²) < 4.78 is 17.2. The highest BCUT2D eigenvalue weighted by molar-refractivity contribution is 5.79. The molecular weight excluding hydrogens is 440 g/mol. The van der Waals surface area contributed by atoms with Gasteiger partial charge in [0.1, 0.15) is 5.69 Å². The van der Waals surface area contributed by atoms with E-state index in [1.165, 1.54) is 0 Å². The van der Waals surface area contributed by atoms with Crippen LogP contribution in [0, 0.1) is 0 Å². The molecule has 2 aromatic carbocycles. The van der Waals surface area contributed by atoms with Gasteiger partial charge in [-0.1, -0.05) is 30.3 Å². The van der Waals surface area contributed by atoms with Gasteiger partial charge in [-0.2, -0.15) is 5.10 Å². The minimum atomic E-state index is -0.288. The summed E-state index contributed by atoms with van der Waals surface area (Å²) in [6, 6.07) is 23.6. The largest absolute Gasteiger partial charge is 1.00 e. The first-order valence-electron chi connectivity index (χ1n) is 10.5. The number of nitrogens with zero attached hydrogens (tertiary/aromatic N) is 4. The van der Waals surface area contributed by atoms with Crippen molar-refractivity contribution in [3.63, 3.8) is 0 Å². The summed E-state index contributed by atoms with van der Waals surface area (Å²) >= 11 is 0. The molecule has 5 rings (SSSR count). The number of hydrogen-bond donors (Lipinski definition) is 0. The van der Waals surface area contributed by atoms with E-state index in [0.29, 0.717) is 18.1 Å². The Hall–Kier alpha value is -3.84. The first-order chi connectivity index (χ1) is 15.7. The van der Waals surface area contributed by atoms with Crippen LogP contribution in [-0.4, -0.2) is 26.9 Å². The van der Waals surface area contributed by atoms with Crippen LogP contribution >= 0.6 is 0 Å². The molecule has 3 heterocycles. The summed E-state index contributed by atoms with van der Waals surface area (Å²) in [7, 11) is 1.96. The number of aryl methyl sites for hydroxylation is 1. The lowest BCUT2D eigenvalue weighted by Gasteiger charge is -2.02. The Morgan fingerprint density at radius 2 is 1.73 bits per heavy atom. The monoisotopic (exact) mass is 462 g/mol. The molecule has 0 radical (unpaired) electrons. The van der Waals surface area contributed by atoms with E-state index in [1.54, 1.807) is 6.92 Å². The second-order valence-electron chi connectivity index (χ2n) is 7.41. The summed E-state index contributed by atoms with van der Waals surface area (Å²) in [5, 5.41) is 4.65. The van der Waals surface area contributed by atoms with E-state index in [9.17, 15) is 4.79 Å². The van der Waals surface area contributed by atoms with Gasteiger partial charge in [0, 0.05) is 6.20 Å². The van der Waals surface area contributed by atoms with Crippen molar-refractivity contribution in [3.8, 4) is 28.7 Å². The van der Waals surface area contributed by atoms with Crippen molar-refractivity contribution < 1.29 is 30.9 Å². The molecule has 0 fully saturated rings. The number of halogens is 1. The predicted octanol–water partition coefficient (Wildman–Crippen LogP) is 1.15. The van der Waals surface area contributed by atoms with E-state index in [0.717, 1.165) is 28.2 Å². The topological polar surface area (TPSA) is 66.1 Å². The van der Waals surface area contributed by atoms with Crippen LogP contribution in [0.4, 0.5) is 0 Å². The zero-order chi connectivity index (χ0) is 22.1. The first kappa shape index (κ1) is 22.4. The average Bonchev–Trinajstić information content (AvgIpc) is 3.54. The lowest BCUT2D eigenvalue weighted by atomic mass is 10.3. The van der Waals surface area contributed by atoms with E-state index in [-0.39, 0.29) is 24.9 Å². The normalized spacial score (nSPS) is 10.8. The van der Waals surface area contributed by atoms with Gasteiger partial charge in [0.2, 0.25) is 5.76 Å². The van der Waals surface area contributed by atoms with Crippen molar-refractivity contribution in [2.75, 3.05) is 6.61 Å². The maximum atomic E-state index is 12.3. The van der Waals surface area contributed by atoms with Crippen LogP contribution in [0.15, 0.2) is 83.4 Å². The van der Waals surface area contributed by atoms with E-state index in [4.69, 9.17) is 9.15 Å². The van der Waals surface area contributed by atoms with E-state index in [1.807, 2.05) is 99.9 Å². The number of rotatable bonds is 6. The molecule has 0 saturated heterocycles. The van der Waals surface area contributed by atoms with Gasteiger partial charge in [-0.3, -0.25) is 0 Å². The van der Waals surface area contributed by atoms with Crippen molar-refractivity contribution in [1.82, 2.24) is 14.3 Å². The van der Waals surface area contributed by atoms with Gasteiger partial charge >= 0.3 is 11.8 Å². The number of esters is 1. The van der Waals surface area contributed by atoms with Crippen LogP contribution in [0.3, 0.4) is 0 Å². The third kappa shape index (κ3) is 4.15. The summed E-state index contributed by atoms with van der Waals surface area (Å²) in [4.78, 5) is 12.3. The molecule has 33 heavy (non-hydrogen) atoms. The second kappa shape index (κ2) is 9.34. The molecule has 168 valence electrons. The Kier molecular flexibility index (Phi) is 6.33. The third-order valence-electron chi connectivity index (χ3n) is 5.39. The number of imidazole rings is 1. The van der Waals surface area contributed by atoms with Crippen molar-refractivity contribution in [2.24, 2.45) is 7.05 Å². The van der Waals surface area contributed by atoms with Crippen molar-refractivity contribution in [1.29, 1.82) is 0 Å². The summed E-state index contributed by atoms with van der Waals surface area (Å²) in [5.41, 5.74) is 3.64. The Labute approximate surface area is 197 Å². The molecule has 0 aliphatic heterocycles. The first-order valence-corrected chi connectivity index (χ1v) is 10.5. The lowest BCUT2D eigenvalue weighted by Crippen LogP contribution is -3.00. The average molecular weight is 463 g/mol. The van der Waals surface area contributed by atoms with Crippen LogP contribution in [0.25, 0.3) is 39.8 Å². The van der Waals surface area contributed by atoms with E-state index in [2.05, 4.69) is 5.10 Å². The van der Waals surface area contributed by atoms with Gasteiger partial charge in [-0.15, -0.1) is 0 Å². The van der Waals surface area contributed by atoms with Gasteiger partial charge in [-0.05, 0) is 49.4 Å². The third-order valence-corrected chi connectivity index (χ3v) is 5.39. The van der Waals surface area contributed by atoms with Crippen molar-refractivity contribution in [3.05, 3.63) is 79.0 Å². The van der Waals surface area contributed by atoms with Crippen LogP contribution in [-0.2, 0) is 23.1 Å². The van der Waals surface area contributed by atoms with Gasteiger partial charge in [0.25, 0.3) is 0 Å². The molecule has 0 N–H and O–H groups in total. The van der Waals surface area contributed by atoms with Crippen molar-refractivity contribution in [2.45, 2.75) is 13.5 Å². The molecule has 0 amide bonds.